The summed E-state index contributed by atoms with van der Waals surface area (Å²) in [6.45, 7) is 2.87. The van der Waals surface area contributed by atoms with E-state index in [-0.39, 0.29) is 18.3 Å². The van der Waals surface area contributed by atoms with Crippen LogP contribution in [0.2, 0.25) is 0 Å². The van der Waals surface area contributed by atoms with Gasteiger partial charge in [0.1, 0.15) is 0 Å². The number of amides is 1. The first-order valence-corrected chi connectivity index (χ1v) is 9.50. The van der Waals surface area contributed by atoms with Crippen LogP contribution < -0.4 is 10.6 Å². The molecule has 0 spiro atoms. The van der Waals surface area contributed by atoms with Crippen molar-refractivity contribution in [3.63, 3.8) is 0 Å². The van der Waals surface area contributed by atoms with Gasteiger partial charge < -0.3 is 10.6 Å². The summed E-state index contributed by atoms with van der Waals surface area (Å²) in [5, 5.41) is 10.9. The molecule has 1 amide bonds. The second-order valence-corrected chi connectivity index (χ2v) is 6.95. The second kappa shape index (κ2) is 9.53. The van der Waals surface area contributed by atoms with Gasteiger partial charge >= 0.3 is 0 Å². The monoisotopic (exact) mass is 396 g/mol. The molecule has 1 atom stereocenters. The van der Waals surface area contributed by atoms with E-state index in [0.29, 0.717) is 18.0 Å². The molecular weight excluding hydrogens is 372 g/mol. The van der Waals surface area contributed by atoms with Crippen LogP contribution in [0.25, 0.3) is 16.9 Å². The van der Waals surface area contributed by atoms with Gasteiger partial charge in [-0.05, 0) is 56.1 Å². The summed E-state index contributed by atoms with van der Waals surface area (Å²) in [7, 11) is 0. The van der Waals surface area contributed by atoms with E-state index >= 15 is 0 Å². The van der Waals surface area contributed by atoms with Gasteiger partial charge in [0.2, 0.25) is 0 Å². The zero-order valence-electron chi connectivity index (χ0n) is 15.7. The minimum Gasteiger partial charge on any atom is -0.352 e. The third-order valence-corrected chi connectivity index (χ3v) is 5.07. The van der Waals surface area contributed by atoms with Crippen LogP contribution in [0.3, 0.4) is 0 Å². The number of hydrogen-bond donors (Lipinski definition) is 2. The zero-order chi connectivity index (χ0) is 18.5. The molecule has 1 unspecified atom stereocenters. The standard InChI is InChI=1S/C22H24N4O.ClH/c27-22(24-13-10-17-9-12-23-16-17)19-7-4-8-20(15-19)26-21(11-14-25-26)18-5-2-1-3-6-18;/h1-8,11,14-15,17,23H,9-10,12-13,16H2,(H,24,27);1H. The lowest BCUT2D eigenvalue weighted by Gasteiger charge is -2.11. The summed E-state index contributed by atoms with van der Waals surface area (Å²) in [4.78, 5) is 12.5. The Balaban J connectivity index is 0.00000225. The van der Waals surface area contributed by atoms with E-state index in [2.05, 4.69) is 27.9 Å². The number of nitrogens with zero attached hydrogens (tertiary/aromatic N) is 2. The van der Waals surface area contributed by atoms with E-state index in [9.17, 15) is 4.79 Å². The molecule has 2 N–H and O–H groups in total. The van der Waals surface area contributed by atoms with E-state index in [1.807, 2.05) is 53.2 Å². The van der Waals surface area contributed by atoms with Gasteiger partial charge in [-0.25, -0.2) is 4.68 Å². The minimum atomic E-state index is -0.0313. The van der Waals surface area contributed by atoms with Gasteiger partial charge in [0.15, 0.2) is 0 Å². The van der Waals surface area contributed by atoms with Gasteiger partial charge in [0, 0.05) is 17.7 Å². The van der Waals surface area contributed by atoms with Crippen molar-refractivity contribution in [1.82, 2.24) is 20.4 Å². The fraction of sp³-hybridized carbons (Fsp3) is 0.273. The smallest absolute Gasteiger partial charge is 0.251 e. The number of benzene rings is 2. The maximum atomic E-state index is 12.5. The summed E-state index contributed by atoms with van der Waals surface area (Å²) < 4.78 is 1.87. The number of rotatable bonds is 6. The van der Waals surface area contributed by atoms with Gasteiger partial charge in [-0.3, -0.25) is 4.79 Å². The highest BCUT2D eigenvalue weighted by Crippen LogP contribution is 2.22. The van der Waals surface area contributed by atoms with Crippen LogP contribution in [-0.2, 0) is 0 Å². The average Bonchev–Trinajstić information content (AvgIpc) is 3.41. The lowest BCUT2D eigenvalue weighted by Crippen LogP contribution is -2.26. The van der Waals surface area contributed by atoms with Crippen molar-refractivity contribution in [2.24, 2.45) is 5.92 Å². The lowest BCUT2D eigenvalue weighted by molar-refractivity contribution is 0.0951. The van der Waals surface area contributed by atoms with Gasteiger partial charge in [0.05, 0.1) is 17.6 Å². The molecular formula is C22H25ClN4O. The first-order chi connectivity index (χ1) is 13.3. The number of hydrogen-bond acceptors (Lipinski definition) is 3. The van der Waals surface area contributed by atoms with E-state index in [0.717, 1.165) is 36.5 Å². The third kappa shape index (κ3) is 4.61. The Morgan fingerprint density at radius 2 is 2.00 bits per heavy atom. The first kappa shape index (κ1) is 20.1. The molecule has 1 aliphatic heterocycles. The van der Waals surface area contributed by atoms with Crippen molar-refractivity contribution < 1.29 is 4.79 Å². The van der Waals surface area contributed by atoms with Gasteiger partial charge in [-0.1, -0.05) is 36.4 Å². The van der Waals surface area contributed by atoms with Crippen molar-refractivity contribution >= 4 is 18.3 Å². The quantitative estimate of drug-likeness (QED) is 0.668. The van der Waals surface area contributed by atoms with E-state index in [4.69, 9.17) is 0 Å². The summed E-state index contributed by atoms with van der Waals surface area (Å²) in [5.41, 5.74) is 3.63. The predicted octanol–water partition coefficient (Wildman–Crippen LogP) is 3.69. The molecule has 5 nitrogen and oxygen atoms in total. The number of carbonyl (C=O) groups is 1. The van der Waals surface area contributed by atoms with Crippen LogP contribution in [0.15, 0.2) is 66.9 Å². The highest BCUT2D eigenvalue weighted by Gasteiger charge is 2.15. The third-order valence-electron chi connectivity index (χ3n) is 5.07. The molecule has 0 saturated carbocycles. The topological polar surface area (TPSA) is 59.0 Å². The van der Waals surface area contributed by atoms with Crippen molar-refractivity contribution in [2.45, 2.75) is 12.8 Å². The van der Waals surface area contributed by atoms with E-state index in [1.54, 1.807) is 6.20 Å². The maximum absolute atomic E-state index is 12.5. The molecule has 0 radical (unpaired) electrons. The molecule has 0 bridgehead atoms. The number of carbonyl (C=O) groups excluding carboxylic acids is 1. The molecule has 2 aromatic carbocycles. The van der Waals surface area contributed by atoms with E-state index < -0.39 is 0 Å². The van der Waals surface area contributed by atoms with Crippen molar-refractivity contribution in [3.8, 4) is 16.9 Å². The predicted molar refractivity (Wildman–Crippen MR) is 114 cm³/mol. The molecule has 3 aromatic rings. The molecule has 1 fully saturated rings. The molecule has 1 saturated heterocycles. The first-order valence-electron chi connectivity index (χ1n) is 9.50. The Morgan fingerprint density at radius 1 is 1.14 bits per heavy atom. The normalized spacial score (nSPS) is 15.8. The Morgan fingerprint density at radius 3 is 2.79 bits per heavy atom. The van der Waals surface area contributed by atoms with Gasteiger partial charge in [-0.2, -0.15) is 5.10 Å². The summed E-state index contributed by atoms with van der Waals surface area (Å²) in [6.07, 6.45) is 4.01. The average molecular weight is 397 g/mol. The molecule has 1 aromatic heterocycles. The van der Waals surface area contributed by atoms with Crippen LogP contribution >= 0.6 is 12.4 Å². The van der Waals surface area contributed by atoms with E-state index in [1.165, 1.54) is 6.42 Å². The Bertz CT molecular complexity index is 904. The molecule has 2 heterocycles. The minimum absolute atomic E-state index is 0. The van der Waals surface area contributed by atoms with Crippen molar-refractivity contribution in [1.29, 1.82) is 0 Å². The van der Waals surface area contributed by atoms with Crippen LogP contribution in [-0.4, -0.2) is 35.3 Å². The summed E-state index contributed by atoms with van der Waals surface area (Å²) in [6, 6.07) is 19.7. The number of halogens is 1. The lowest BCUT2D eigenvalue weighted by atomic mass is 10.1. The SMILES string of the molecule is Cl.O=C(NCCC1CCNC1)c1cccc(-n2nccc2-c2ccccc2)c1. The highest BCUT2D eigenvalue weighted by molar-refractivity contribution is 5.94. The molecule has 0 aliphatic carbocycles. The maximum Gasteiger partial charge on any atom is 0.251 e. The van der Waals surface area contributed by atoms with Crippen molar-refractivity contribution in [3.05, 3.63) is 72.4 Å². The number of nitrogens with one attached hydrogen (secondary N) is 2. The van der Waals surface area contributed by atoms with Crippen molar-refractivity contribution in [2.75, 3.05) is 19.6 Å². The van der Waals surface area contributed by atoms with Crippen LogP contribution in [0.5, 0.6) is 0 Å². The fourth-order valence-corrected chi connectivity index (χ4v) is 3.57. The highest BCUT2D eigenvalue weighted by atomic mass is 35.5. The Kier molecular flexibility index (Phi) is 6.85. The molecule has 28 heavy (non-hydrogen) atoms. The number of aromatic nitrogens is 2. The van der Waals surface area contributed by atoms with Crippen LogP contribution in [0.4, 0.5) is 0 Å². The largest absolute Gasteiger partial charge is 0.352 e. The molecule has 146 valence electrons. The molecule has 6 heteroatoms. The van der Waals surface area contributed by atoms with Crippen LogP contribution in [0.1, 0.15) is 23.2 Å². The molecule has 4 rings (SSSR count). The van der Waals surface area contributed by atoms with Gasteiger partial charge in [0.25, 0.3) is 5.91 Å². The second-order valence-electron chi connectivity index (χ2n) is 6.95. The Labute approximate surface area is 171 Å². The van der Waals surface area contributed by atoms with Crippen LogP contribution in [0, 0.1) is 5.92 Å². The summed E-state index contributed by atoms with van der Waals surface area (Å²) >= 11 is 0. The fourth-order valence-electron chi connectivity index (χ4n) is 3.57. The zero-order valence-corrected chi connectivity index (χ0v) is 16.5. The molecule has 1 aliphatic rings. The summed E-state index contributed by atoms with van der Waals surface area (Å²) in [5.74, 6) is 0.644. The Hall–Kier alpha value is -2.63. The van der Waals surface area contributed by atoms with Gasteiger partial charge in [-0.15, -0.1) is 12.4 Å².